The van der Waals surface area contributed by atoms with Crippen molar-refractivity contribution in [2.75, 3.05) is 46.3 Å². The van der Waals surface area contributed by atoms with Crippen LogP contribution in [0.2, 0.25) is 0 Å². The van der Waals surface area contributed by atoms with E-state index in [1.807, 2.05) is 0 Å². The molecule has 0 amide bonds. The molecule has 0 spiro atoms. The Balaban J connectivity index is 1.92. The van der Waals surface area contributed by atoms with Gasteiger partial charge in [-0.05, 0) is 33.0 Å². The number of hydrogen-bond donors (Lipinski definition) is 0. The van der Waals surface area contributed by atoms with Crippen LogP contribution in [0.5, 0.6) is 0 Å². The molecule has 0 aromatic rings. The minimum atomic E-state index is 0.369. The van der Waals surface area contributed by atoms with Crippen LogP contribution in [0, 0.1) is 0 Å². The molecule has 2 saturated heterocycles. The smallest absolute Gasteiger partial charge is 0.122 e. The lowest BCUT2D eigenvalue weighted by atomic mass is 10.2. The number of rotatable bonds is 4. The van der Waals surface area contributed by atoms with Crippen molar-refractivity contribution >= 4 is 6.29 Å². The molecule has 1 unspecified atom stereocenters. The highest BCUT2D eigenvalue weighted by molar-refractivity contribution is 5.50. The number of likely N-dealkylation sites (tertiary alicyclic amines) is 1. The van der Waals surface area contributed by atoms with E-state index in [2.05, 4.69) is 21.7 Å². The third kappa shape index (κ3) is 2.81. The molecule has 2 rings (SSSR count). The number of piperazine rings is 1. The summed E-state index contributed by atoms with van der Waals surface area (Å²) in [5.74, 6) is 0. The first kappa shape index (κ1) is 12.0. The van der Waals surface area contributed by atoms with Crippen molar-refractivity contribution in [3.05, 3.63) is 0 Å². The standard InChI is InChI=1S/C12H23N3O/c1-13-7-9-15(10-8-13)12(4-11-16)14-5-2-3-6-14/h11-12H,2-10H2,1H3. The van der Waals surface area contributed by atoms with Crippen LogP contribution in [0.4, 0.5) is 0 Å². The average Bonchev–Trinajstić information content (AvgIpc) is 2.81. The maximum Gasteiger partial charge on any atom is 0.122 e. The Morgan fingerprint density at radius 1 is 1.00 bits per heavy atom. The van der Waals surface area contributed by atoms with Gasteiger partial charge >= 0.3 is 0 Å². The van der Waals surface area contributed by atoms with E-state index >= 15 is 0 Å². The maximum absolute atomic E-state index is 10.8. The van der Waals surface area contributed by atoms with E-state index in [0.29, 0.717) is 12.6 Å². The molecule has 0 aromatic heterocycles. The highest BCUT2D eigenvalue weighted by Crippen LogP contribution is 2.18. The molecule has 0 aromatic carbocycles. The third-order valence-corrected chi connectivity index (χ3v) is 3.83. The van der Waals surface area contributed by atoms with E-state index in [-0.39, 0.29) is 0 Å². The van der Waals surface area contributed by atoms with Crippen LogP contribution >= 0.6 is 0 Å². The van der Waals surface area contributed by atoms with Crippen LogP contribution in [0.25, 0.3) is 0 Å². The first-order valence-corrected chi connectivity index (χ1v) is 6.41. The van der Waals surface area contributed by atoms with E-state index in [1.54, 1.807) is 0 Å². The number of aldehydes is 1. The largest absolute Gasteiger partial charge is 0.304 e. The first-order valence-electron chi connectivity index (χ1n) is 6.41. The summed E-state index contributed by atoms with van der Waals surface area (Å²) in [6.45, 7) is 6.80. The number of carbonyl (C=O) groups is 1. The second-order valence-corrected chi connectivity index (χ2v) is 4.97. The van der Waals surface area contributed by atoms with Crippen LogP contribution in [0.1, 0.15) is 19.3 Å². The van der Waals surface area contributed by atoms with Crippen LogP contribution in [0.3, 0.4) is 0 Å². The summed E-state index contributed by atoms with van der Waals surface area (Å²) in [6, 6.07) is 0. The van der Waals surface area contributed by atoms with Crippen molar-refractivity contribution in [3.63, 3.8) is 0 Å². The van der Waals surface area contributed by atoms with Crippen LogP contribution in [-0.4, -0.2) is 73.5 Å². The van der Waals surface area contributed by atoms with Crippen molar-refractivity contribution in [3.8, 4) is 0 Å². The van der Waals surface area contributed by atoms with Crippen molar-refractivity contribution in [2.24, 2.45) is 0 Å². The molecule has 4 nitrogen and oxygen atoms in total. The zero-order chi connectivity index (χ0) is 11.4. The molecule has 92 valence electrons. The normalized spacial score (nSPS) is 27.1. The Bertz CT molecular complexity index is 220. The number of hydrogen-bond acceptors (Lipinski definition) is 4. The van der Waals surface area contributed by atoms with Gasteiger partial charge in [0.15, 0.2) is 0 Å². The Morgan fingerprint density at radius 3 is 2.12 bits per heavy atom. The van der Waals surface area contributed by atoms with Gasteiger partial charge in [-0.1, -0.05) is 0 Å². The van der Waals surface area contributed by atoms with E-state index in [0.717, 1.165) is 32.5 Å². The van der Waals surface area contributed by atoms with Crippen molar-refractivity contribution in [1.82, 2.24) is 14.7 Å². The monoisotopic (exact) mass is 225 g/mol. The van der Waals surface area contributed by atoms with Gasteiger partial charge in [-0.25, -0.2) is 0 Å². The van der Waals surface area contributed by atoms with Crippen LogP contribution in [-0.2, 0) is 4.79 Å². The predicted molar refractivity (Wildman–Crippen MR) is 64.3 cm³/mol. The minimum Gasteiger partial charge on any atom is -0.304 e. The summed E-state index contributed by atoms with van der Waals surface area (Å²) in [5.41, 5.74) is 0. The highest BCUT2D eigenvalue weighted by Gasteiger charge is 2.28. The summed E-state index contributed by atoms with van der Waals surface area (Å²) < 4.78 is 0. The Labute approximate surface area is 98.2 Å². The van der Waals surface area contributed by atoms with Gasteiger partial charge in [0.2, 0.25) is 0 Å². The van der Waals surface area contributed by atoms with Crippen molar-refractivity contribution < 1.29 is 4.79 Å². The number of nitrogens with zero attached hydrogens (tertiary/aromatic N) is 3. The zero-order valence-electron chi connectivity index (χ0n) is 10.3. The molecule has 0 N–H and O–H groups in total. The van der Waals surface area contributed by atoms with Gasteiger partial charge in [-0.3, -0.25) is 9.80 Å². The van der Waals surface area contributed by atoms with Crippen LogP contribution in [0.15, 0.2) is 0 Å². The fourth-order valence-corrected chi connectivity index (χ4v) is 2.77. The fraction of sp³-hybridized carbons (Fsp3) is 0.917. The molecule has 0 aliphatic carbocycles. The van der Waals surface area contributed by atoms with Gasteiger partial charge in [-0.15, -0.1) is 0 Å². The minimum absolute atomic E-state index is 0.369. The first-order chi connectivity index (χ1) is 7.81. The van der Waals surface area contributed by atoms with Gasteiger partial charge in [-0.2, -0.15) is 0 Å². The second kappa shape index (κ2) is 5.75. The molecule has 0 bridgehead atoms. The van der Waals surface area contributed by atoms with E-state index in [9.17, 15) is 4.79 Å². The lowest BCUT2D eigenvalue weighted by Gasteiger charge is -2.41. The number of carbonyl (C=O) groups excluding carboxylic acids is 1. The second-order valence-electron chi connectivity index (χ2n) is 4.97. The number of likely N-dealkylation sites (N-methyl/N-ethyl adjacent to an activating group) is 1. The van der Waals surface area contributed by atoms with Gasteiger partial charge in [0.25, 0.3) is 0 Å². The molecule has 1 atom stereocenters. The lowest BCUT2D eigenvalue weighted by molar-refractivity contribution is -0.111. The summed E-state index contributed by atoms with van der Waals surface area (Å²) in [7, 11) is 2.17. The third-order valence-electron chi connectivity index (χ3n) is 3.83. The fourth-order valence-electron chi connectivity index (χ4n) is 2.77. The summed E-state index contributed by atoms with van der Waals surface area (Å²) >= 11 is 0. The topological polar surface area (TPSA) is 26.8 Å². The van der Waals surface area contributed by atoms with Crippen molar-refractivity contribution in [2.45, 2.75) is 25.4 Å². The van der Waals surface area contributed by atoms with Gasteiger partial charge < -0.3 is 9.69 Å². The average molecular weight is 225 g/mol. The zero-order valence-corrected chi connectivity index (χ0v) is 10.3. The van der Waals surface area contributed by atoms with Gasteiger partial charge in [0.05, 0.1) is 6.17 Å². The highest BCUT2D eigenvalue weighted by atomic mass is 16.1. The van der Waals surface area contributed by atoms with E-state index in [1.165, 1.54) is 25.9 Å². The SMILES string of the molecule is CN1CCN(C(CC=O)N2CCCC2)CC1. The molecular formula is C12H23N3O. The summed E-state index contributed by atoms with van der Waals surface area (Å²) in [6.07, 6.45) is 4.71. The van der Waals surface area contributed by atoms with Gasteiger partial charge in [0.1, 0.15) is 6.29 Å². The quantitative estimate of drug-likeness (QED) is 0.641. The van der Waals surface area contributed by atoms with E-state index in [4.69, 9.17) is 0 Å². The van der Waals surface area contributed by atoms with Crippen molar-refractivity contribution in [1.29, 1.82) is 0 Å². The van der Waals surface area contributed by atoms with Crippen LogP contribution < -0.4 is 0 Å². The molecule has 4 heteroatoms. The Morgan fingerprint density at radius 2 is 1.56 bits per heavy atom. The lowest BCUT2D eigenvalue weighted by Crippen LogP contribution is -2.54. The molecule has 0 radical (unpaired) electrons. The molecule has 2 fully saturated rings. The molecule has 2 aliphatic rings. The maximum atomic E-state index is 10.8. The predicted octanol–water partition coefficient (Wildman–Crippen LogP) is 0.245. The molecule has 0 saturated carbocycles. The molecule has 2 aliphatic heterocycles. The Kier molecular flexibility index (Phi) is 4.32. The summed E-state index contributed by atoms with van der Waals surface area (Å²) in [4.78, 5) is 18.1. The van der Waals surface area contributed by atoms with E-state index < -0.39 is 0 Å². The van der Waals surface area contributed by atoms with Gasteiger partial charge in [0, 0.05) is 32.6 Å². The molecule has 16 heavy (non-hydrogen) atoms. The molecular weight excluding hydrogens is 202 g/mol. The molecule has 2 heterocycles. The Hall–Kier alpha value is -0.450. The summed E-state index contributed by atoms with van der Waals surface area (Å²) in [5, 5.41) is 0.